The van der Waals surface area contributed by atoms with Crippen LogP contribution in [0.25, 0.3) is 0 Å². The average molecular weight is 290 g/mol. The molecular formula is C16H22N2O3. The molecule has 0 bridgehead atoms. The summed E-state index contributed by atoms with van der Waals surface area (Å²) in [6.07, 6.45) is -0.141. The predicted octanol–water partition coefficient (Wildman–Crippen LogP) is -0.995. The van der Waals surface area contributed by atoms with E-state index in [4.69, 9.17) is 0 Å². The molecular weight excluding hydrogens is 268 g/mol. The Morgan fingerprint density at radius 3 is 2.38 bits per heavy atom. The molecule has 2 rings (SSSR count). The summed E-state index contributed by atoms with van der Waals surface area (Å²) in [6, 6.07) is 10.8. The van der Waals surface area contributed by atoms with Gasteiger partial charge in [-0.25, -0.2) is 0 Å². The van der Waals surface area contributed by atoms with E-state index in [1.807, 2.05) is 18.2 Å². The van der Waals surface area contributed by atoms with Gasteiger partial charge in [0.1, 0.15) is 6.04 Å². The van der Waals surface area contributed by atoms with Gasteiger partial charge in [-0.2, -0.15) is 0 Å². The first kappa shape index (κ1) is 15.5. The number of hydrogen-bond acceptors (Lipinski definition) is 3. The molecule has 1 atom stereocenters. The number of aliphatic carboxylic acids is 1. The second-order valence-electron chi connectivity index (χ2n) is 5.54. The second-order valence-corrected chi connectivity index (χ2v) is 5.54. The number of carboxylic acid groups (broad SMARTS) is 1. The summed E-state index contributed by atoms with van der Waals surface area (Å²) in [6.45, 7) is 5.38. The van der Waals surface area contributed by atoms with E-state index in [1.54, 1.807) is 4.90 Å². The van der Waals surface area contributed by atoms with Crippen molar-refractivity contribution in [3.63, 3.8) is 0 Å². The Hall–Kier alpha value is -1.88. The fourth-order valence-electron chi connectivity index (χ4n) is 2.82. The van der Waals surface area contributed by atoms with Crippen molar-refractivity contribution in [3.05, 3.63) is 35.9 Å². The van der Waals surface area contributed by atoms with Crippen LogP contribution in [0.3, 0.4) is 0 Å². The lowest BCUT2D eigenvalue weighted by atomic mass is 10.1. The Balaban J connectivity index is 1.83. The molecule has 0 saturated carbocycles. The number of benzene rings is 1. The molecule has 1 aromatic rings. The van der Waals surface area contributed by atoms with E-state index < -0.39 is 5.97 Å². The number of amides is 1. The third-order valence-corrected chi connectivity index (χ3v) is 4.21. The van der Waals surface area contributed by atoms with E-state index in [1.165, 1.54) is 10.5 Å². The molecule has 0 aliphatic carbocycles. The van der Waals surface area contributed by atoms with Gasteiger partial charge < -0.3 is 19.7 Å². The lowest BCUT2D eigenvalue weighted by Gasteiger charge is -2.35. The standard InChI is InChI=1S/C16H22N2O3/c1-13(14-5-3-2-4-6-14)17-9-11-18(12-10-17)15(19)7-8-16(20)21/h2-6,13H,7-12H2,1H3,(H,20,21)/t13-/m1/s1. The van der Waals surface area contributed by atoms with E-state index in [2.05, 4.69) is 19.1 Å². The molecule has 0 spiro atoms. The first-order valence-corrected chi connectivity index (χ1v) is 7.45. The quantitative estimate of drug-likeness (QED) is 0.757. The number of nitrogens with one attached hydrogen (secondary N) is 1. The average Bonchev–Trinajstić information content (AvgIpc) is 2.53. The summed E-state index contributed by atoms with van der Waals surface area (Å²) in [5.74, 6) is -1.24. The van der Waals surface area contributed by atoms with E-state index in [9.17, 15) is 14.7 Å². The molecule has 0 aromatic heterocycles. The van der Waals surface area contributed by atoms with Crippen LogP contribution in [0.15, 0.2) is 30.3 Å². The first-order valence-electron chi connectivity index (χ1n) is 7.45. The van der Waals surface area contributed by atoms with Gasteiger partial charge >= 0.3 is 0 Å². The van der Waals surface area contributed by atoms with E-state index in [0.29, 0.717) is 19.1 Å². The summed E-state index contributed by atoms with van der Waals surface area (Å²) in [5.41, 5.74) is 1.31. The summed E-state index contributed by atoms with van der Waals surface area (Å²) < 4.78 is 0. The molecule has 0 unspecified atom stereocenters. The van der Waals surface area contributed by atoms with Crippen molar-refractivity contribution in [2.45, 2.75) is 25.8 Å². The van der Waals surface area contributed by atoms with Crippen LogP contribution >= 0.6 is 0 Å². The molecule has 1 saturated heterocycles. The highest BCUT2D eigenvalue weighted by Crippen LogP contribution is 2.08. The Bertz CT molecular complexity index is 482. The lowest BCUT2D eigenvalue weighted by molar-refractivity contribution is -0.933. The van der Waals surface area contributed by atoms with Crippen molar-refractivity contribution in [2.24, 2.45) is 0 Å². The van der Waals surface area contributed by atoms with Gasteiger partial charge in [-0.15, -0.1) is 0 Å². The minimum Gasteiger partial charge on any atom is -0.550 e. The fourth-order valence-corrected chi connectivity index (χ4v) is 2.82. The molecule has 0 radical (unpaired) electrons. The molecule has 1 aliphatic rings. The maximum absolute atomic E-state index is 11.9. The van der Waals surface area contributed by atoms with E-state index in [0.717, 1.165) is 13.1 Å². The van der Waals surface area contributed by atoms with E-state index >= 15 is 0 Å². The molecule has 1 N–H and O–H groups in total. The zero-order valence-corrected chi connectivity index (χ0v) is 12.4. The van der Waals surface area contributed by atoms with Gasteiger partial charge in [-0.05, 0) is 13.3 Å². The largest absolute Gasteiger partial charge is 0.550 e. The smallest absolute Gasteiger partial charge is 0.223 e. The Morgan fingerprint density at radius 1 is 1.19 bits per heavy atom. The van der Waals surface area contributed by atoms with Crippen molar-refractivity contribution in [2.75, 3.05) is 26.2 Å². The van der Waals surface area contributed by atoms with Gasteiger partial charge in [0, 0.05) is 18.0 Å². The Labute approximate surface area is 125 Å². The Kier molecular flexibility index (Phi) is 5.33. The van der Waals surface area contributed by atoms with Gasteiger partial charge in [0.2, 0.25) is 5.91 Å². The summed E-state index contributed by atoms with van der Waals surface area (Å²) in [4.78, 5) is 25.5. The molecule has 5 nitrogen and oxygen atoms in total. The normalized spacial score (nSPS) is 17.5. The highest BCUT2D eigenvalue weighted by atomic mass is 16.4. The summed E-state index contributed by atoms with van der Waals surface area (Å²) in [7, 11) is 0. The first-order chi connectivity index (χ1) is 10.1. The van der Waals surface area contributed by atoms with Crippen LogP contribution in [0, 0.1) is 0 Å². The van der Waals surface area contributed by atoms with Crippen LogP contribution < -0.4 is 10.0 Å². The lowest BCUT2D eigenvalue weighted by Crippen LogP contribution is -3.14. The number of rotatable bonds is 5. The summed E-state index contributed by atoms with van der Waals surface area (Å²) in [5, 5.41) is 10.4. The molecule has 114 valence electrons. The SMILES string of the molecule is C[C@H](c1ccccc1)[NH+]1CCN(C(=O)CCC(=O)[O-])CC1. The second kappa shape index (κ2) is 7.22. The van der Waals surface area contributed by atoms with Crippen molar-refractivity contribution in [1.29, 1.82) is 0 Å². The molecule has 5 heteroatoms. The monoisotopic (exact) mass is 290 g/mol. The highest BCUT2D eigenvalue weighted by molar-refractivity contribution is 5.80. The fraction of sp³-hybridized carbons (Fsp3) is 0.500. The van der Waals surface area contributed by atoms with Gasteiger partial charge in [-0.3, -0.25) is 4.79 Å². The van der Waals surface area contributed by atoms with Crippen LogP contribution in [0.1, 0.15) is 31.4 Å². The minimum atomic E-state index is -1.16. The van der Waals surface area contributed by atoms with Crippen LogP contribution in [0.5, 0.6) is 0 Å². The highest BCUT2D eigenvalue weighted by Gasteiger charge is 2.27. The molecule has 1 heterocycles. The maximum Gasteiger partial charge on any atom is 0.223 e. The molecule has 21 heavy (non-hydrogen) atoms. The topological polar surface area (TPSA) is 64.9 Å². The van der Waals surface area contributed by atoms with Crippen LogP contribution in [0.4, 0.5) is 0 Å². The Morgan fingerprint density at radius 2 is 1.81 bits per heavy atom. The van der Waals surface area contributed by atoms with Crippen LogP contribution in [-0.4, -0.2) is 43.0 Å². The third kappa shape index (κ3) is 4.29. The predicted molar refractivity (Wildman–Crippen MR) is 76.4 cm³/mol. The number of quaternary nitrogens is 1. The number of piperazine rings is 1. The zero-order valence-electron chi connectivity index (χ0n) is 12.4. The summed E-state index contributed by atoms with van der Waals surface area (Å²) >= 11 is 0. The maximum atomic E-state index is 11.9. The van der Waals surface area contributed by atoms with Gasteiger partial charge in [0.15, 0.2) is 0 Å². The molecule has 1 aliphatic heterocycles. The van der Waals surface area contributed by atoms with Crippen molar-refractivity contribution in [1.82, 2.24) is 4.90 Å². The van der Waals surface area contributed by atoms with Gasteiger partial charge in [0.05, 0.1) is 26.2 Å². The number of carboxylic acids is 1. The number of carbonyl (C=O) groups excluding carboxylic acids is 2. The van der Waals surface area contributed by atoms with Gasteiger partial charge in [-0.1, -0.05) is 30.3 Å². The van der Waals surface area contributed by atoms with Crippen LogP contribution in [-0.2, 0) is 9.59 Å². The van der Waals surface area contributed by atoms with E-state index in [-0.39, 0.29) is 18.7 Å². The zero-order chi connectivity index (χ0) is 15.2. The van der Waals surface area contributed by atoms with Crippen molar-refractivity contribution in [3.8, 4) is 0 Å². The molecule has 1 aromatic carbocycles. The third-order valence-electron chi connectivity index (χ3n) is 4.21. The van der Waals surface area contributed by atoms with Crippen molar-refractivity contribution < 1.29 is 19.6 Å². The number of hydrogen-bond donors (Lipinski definition) is 1. The number of nitrogens with zero attached hydrogens (tertiary/aromatic N) is 1. The van der Waals surface area contributed by atoms with Crippen LogP contribution in [0.2, 0.25) is 0 Å². The molecule has 1 fully saturated rings. The minimum absolute atomic E-state index is 0.0475. The number of carbonyl (C=O) groups is 2. The van der Waals surface area contributed by atoms with Gasteiger partial charge in [0.25, 0.3) is 0 Å². The molecule has 1 amide bonds. The van der Waals surface area contributed by atoms with Crippen molar-refractivity contribution >= 4 is 11.9 Å².